The monoisotopic (exact) mass is 340 g/mol. The molecule has 5 heteroatoms. The molecule has 25 heavy (non-hydrogen) atoms. The third-order valence-electron chi connectivity index (χ3n) is 6.06. The maximum Gasteiger partial charge on any atom is 0.223 e. The molecule has 2 N–H and O–H groups in total. The number of nitrogens with zero attached hydrogens (tertiary/aromatic N) is 2. The Hall–Kier alpha value is -1.91. The lowest BCUT2D eigenvalue weighted by Crippen LogP contribution is -2.39. The Morgan fingerprint density at radius 1 is 1.00 bits per heavy atom. The van der Waals surface area contributed by atoms with E-state index in [4.69, 9.17) is 0 Å². The topological polar surface area (TPSA) is 70.7 Å². The average molecular weight is 340 g/mol. The number of fused-ring (bicyclic) bond motifs is 1. The fourth-order valence-corrected chi connectivity index (χ4v) is 4.62. The molecule has 2 saturated carbocycles. The molecule has 0 aliphatic heterocycles. The molecule has 2 atom stereocenters. The number of hydrogen-bond donors (Lipinski definition) is 2. The second-order valence-electron chi connectivity index (χ2n) is 7.74. The number of carbonyl (C=O) groups is 1. The van der Waals surface area contributed by atoms with Gasteiger partial charge >= 0.3 is 0 Å². The summed E-state index contributed by atoms with van der Waals surface area (Å²) in [6.45, 7) is 0. The molecule has 0 bridgehead atoms. The van der Waals surface area contributed by atoms with E-state index in [0.29, 0.717) is 17.9 Å². The molecule has 2 aliphatic rings. The molecule has 5 nitrogen and oxygen atoms in total. The Morgan fingerprint density at radius 3 is 2.68 bits per heavy atom. The SMILES string of the molecule is O=C(NC1CCCCC(c2ncnc3[nH]ccc23)CC1)C1CCCC1. The lowest BCUT2D eigenvalue weighted by Gasteiger charge is -2.26. The van der Waals surface area contributed by atoms with Gasteiger partial charge < -0.3 is 10.3 Å². The number of aromatic amines is 1. The zero-order valence-electron chi connectivity index (χ0n) is 14.8. The van der Waals surface area contributed by atoms with Crippen molar-refractivity contribution in [1.29, 1.82) is 0 Å². The summed E-state index contributed by atoms with van der Waals surface area (Å²) in [5.74, 6) is 1.03. The van der Waals surface area contributed by atoms with E-state index in [1.165, 1.54) is 37.8 Å². The molecule has 1 amide bonds. The van der Waals surface area contributed by atoms with Gasteiger partial charge in [-0.3, -0.25) is 4.79 Å². The van der Waals surface area contributed by atoms with Crippen LogP contribution in [0.25, 0.3) is 11.0 Å². The van der Waals surface area contributed by atoms with Crippen LogP contribution in [0.15, 0.2) is 18.6 Å². The average Bonchev–Trinajstić information content (AvgIpc) is 3.28. The Kier molecular flexibility index (Phi) is 4.99. The van der Waals surface area contributed by atoms with Gasteiger partial charge in [-0.1, -0.05) is 25.7 Å². The van der Waals surface area contributed by atoms with Crippen molar-refractivity contribution in [3.8, 4) is 0 Å². The quantitative estimate of drug-likeness (QED) is 0.885. The molecule has 2 aromatic heterocycles. The largest absolute Gasteiger partial charge is 0.353 e. The maximum atomic E-state index is 12.5. The molecule has 0 radical (unpaired) electrons. The predicted octanol–water partition coefficient (Wildman–Crippen LogP) is 4.07. The second-order valence-corrected chi connectivity index (χ2v) is 7.74. The first-order valence-corrected chi connectivity index (χ1v) is 9.89. The normalized spacial score (nSPS) is 25.6. The fraction of sp³-hybridized carbons (Fsp3) is 0.650. The number of hydrogen-bond acceptors (Lipinski definition) is 3. The Bertz CT molecular complexity index is 719. The highest BCUT2D eigenvalue weighted by atomic mass is 16.1. The minimum Gasteiger partial charge on any atom is -0.353 e. The molecule has 134 valence electrons. The highest BCUT2D eigenvalue weighted by Gasteiger charge is 2.26. The summed E-state index contributed by atoms with van der Waals surface area (Å²) in [4.78, 5) is 24.6. The molecule has 2 fully saturated rings. The molecule has 0 saturated heterocycles. The first-order chi connectivity index (χ1) is 12.3. The van der Waals surface area contributed by atoms with Crippen LogP contribution in [-0.4, -0.2) is 26.9 Å². The lowest BCUT2D eigenvalue weighted by atomic mass is 9.85. The summed E-state index contributed by atoms with van der Waals surface area (Å²) in [6, 6.07) is 2.42. The third-order valence-corrected chi connectivity index (χ3v) is 6.06. The first-order valence-electron chi connectivity index (χ1n) is 9.89. The Balaban J connectivity index is 1.42. The minimum atomic E-state index is 0.266. The van der Waals surface area contributed by atoms with E-state index >= 15 is 0 Å². The van der Waals surface area contributed by atoms with Crippen LogP contribution in [0, 0.1) is 5.92 Å². The van der Waals surface area contributed by atoms with Gasteiger partial charge in [0.05, 0.1) is 5.69 Å². The van der Waals surface area contributed by atoms with Gasteiger partial charge in [-0.2, -0.15) is 0 Å². The fourth-order valence-electron chi connectivity index (χ4n) is 4.62. The summed E-state index contributed by atoms with van der Waals surface area (Å²) in [7, 11) is 0. The first kappa shape index (κ1) is 16.6. The van der Waals surface area contributed by atoms with Crippen LogP contribution in [0.5, 0.6) is 0 Å². The molecule has 2 aliphatic carbocycles. The van der Waals surface area contributed by atoms with Crippen molar-refractivity contribution < 1.29 is 4.79 Å². The number of aromatic nitrogens is 3. The van der Waals surface area contributed by atoms with Gasteiger partial charge in [-0.05, 0) is 44.6 Å². The molecule has 2 aromatic rings. The molecule has 2 heterocycles. The van der Waals surface area contributed by atoms with Gasteiger partial charge in [0, 0.05) is 29.5 Å². The van der Waals surface area contributed by atoms with Crippen molar-refractivity contribution in [3.05, 3.63) is 24.3 Å². The molecule has 2 unspecified atom stereocenters. The van der Waals surface area contributed by atoms with Crippen molar-refractivity contribution in [1.82, 2.24) is 20.3 Å². The van der Waals surface area contributed by atoms with Crippen molar-refractivity contribution in [2.45, 2.75) is 76.2 Å². The summed E-state index contributed by atoms with van der Waals surface area (Å²) in [5, 5.41) is 4.51. The van der Waals surface area contributed by atoms with Crippen LogP contribution in [0.4, 0.5) is 0 Å². The van der Waals surface area contributed by atoms with E-state index in [0.717, 1.165) is 43.1 Å². The Labute approximate surface area is 149 Å². The summed E-state index contributed by atoms with van der Waals surface area (Å²) in [6.07, 6.45) is 15.0. The lowest BCUT2D eigenvalue weighted by molar-refractivity contribution is -0.125. The molecular weight excluding hydrogens is 312 g/mol. The van der Waals surface area contributed by atoms with Gasteiger partial charge in [0.2, 0.25) is 5.91 Å². The molecule has 0 aromatic carbocycles. The number of carbonyl (C=O) groups excluding carboxylic acids is 1. The van der Waals surface area contributed by atoms with Gasteiger partial charge in [0.25, 0.3) is 0 Å². The van der Waals surface area contributed by atoms with E-state index in [9.17, 15) is 4.79 Å². The van der Waals surface area contributed by atoms with Crippen molar-refractivity contribution in [2.75, 3.05) is 0 Å². The van der Waals surface area contributed by atoms with Gasteiger partial charge in [-0.15, -0.1) is 0 Å². The van der Waals surface area contributed by atoms with Crippen LogP contribution >= 0.6 is 0 Å². The molecule has 4 rings (SSSR count). The summed E-state index contributed by atoms with van der Waals surface area (Å²) < 4.78 is 0. The standard InChI is InChI=1S/C20H28N4O/c25-20(15-6-1-2-7-15)24-16-8-4-3-5-14(9-10-16)18-17-11-12-21-19(17)23-13-22-18/h11-16H,1-10H2,(H,24,25)(H,21,22,23). The van der Waals surface area contributed by atoms with E-state index in [1.807, 2.05) is 6.20 Å². The van der Waals surface area contributed by atoms with E-state index in [-0.39, 0.29) is 5.92 Å². The summed E-state index contributed by atoms with van der Waals surface area (Å²) in [5.41, 5.74) is 2.10. The van der Waals surface area contributed by atoms with Crippen molar-refractivity contribution >= 4 is 16.9 Å². The van der Waals surface area contributed by atoms with E-state index < -0.39 is 0 Å². The second kappa shape index (κ2) is 7.54. The van der Waals surface area contributed by atoms with Crippen LogP contribution in [0.1, 0.15) is 75.8 Å². The zero-order chi connectivity index (χ0) is 17.1. The van der Waals surface area contributed by atoms with Gasteiger partial charge in [0.15, 0.2) is 0 Å². The number of rotatable bonds is 3. The highest BCUT2D eigenvalue weighted by molar-refractivity contribution is 5.79. The van der Waals surface area contributed by atoms with Crippen LogP contribution in [0.3, 0.4) is 0 Å². The zero-order valence-corrected chi connectivity index (χ0v) is 14.8. The minimum absolute atomic E-state index is 0.266. The molecule has 0 spiro atoms. The van der Waals surface area contributed by atoms with Crippen LogP contribution in [-0.2, 0) is 4.79 Å². The number of nitrogens with one attached hydrogen (secondary N) is 2. The van der Waals surface area contributed by atoms with E-state index in [1.54, 1.807) is 6.33 Å². The van der Waals surface area contributed by atoms with Crippen molar-refractivity contribution in [3.63, 3.8) is 0 Å². The number of H-pyrrole nitrogens is 1. The Morgan fingerprint density at radius 2 is 1.80 bits per heavy atom. The van der Waals surface area contributed by atoms with Gasteiger partial charge in [-0.25, -0.2) is 9.97 Å². The maximum absolute atomic E-state index is 12.5. The van der Waals surface area contributed by atoms with Gasteiger partial charge in [0.1, 0.15) is 12.0 Å². The highest BCUT2D eigenvalue weighted by Crippen LogP contribution is 2.33. The molecular formula is C20H28N4O. The van der Waals surface area contributed by atoms with Crippen LogP contribution < -0.4 is 5.32 Å². The number of amides is 1. The van der Waals surface area contributed by atoms with Crippen molar-refractivity contribution in [2.24, 2.45) is 5.92 Å². The predicted molar refractivity (Wildman–Crippen MR) is 98.2 cm³/mol. The summed E-state index contributed by atoms with van der Waals surface area (Å²) >= 11 is 0. The smallest absolute Gasteiger partial charge is 0.223 e. The van der Waals surface area contributed by atoms with Crippen LogP contribution in [0.2, 0.25) is 0 Å². The third kappa shape index (κ3) is 3.70. The van der Waals surface area contributed by atoms with E-state index in [2.05, 4.69) is 26.3 Å².